The van der Waals surface area contributed by atoms with E-state index < -0.39 is 16.1 Å². The molecule has 0 saturated carbocycles. The Morgan fingerprint density at radius 2 is 1.79 bits per heavy atom. The van der Waals surface area contributed by atoms with Gasteiger partial charge in [-0.1, -0.05) is 57.2 Å². The minimum absolute atomic E-state index is 0.0628. The van der Waals surface area contributed by atoms with E-state index in [2.05, 4.69) is 38.2 Å². The first-order valence-corrected chi connectivity index (χ1v) is 13.5. The molecule has 1 N–H and O–H groups in total. The smallest absolute Gasteiger partial charge is 0.263 e. The highest BCUT2D eigenvalue weighted by molar-refractivity contribution is 7.92. The Balaban J connectivity index is 1.56. The number of carbonyl (C=O) groups excluding carboxylic acids is 1. The molecular weight excluding hydrogens is 452 g/mol. The maximum Gasteiger partial charge on any atom is 0.263 e. The van der Waals surface area contributed by atoms with Gasteiger partial charge in [0.05, 0.1) is 18.5 Å². The molecule has 1 amide bonds. The Morgan fingerprint density at radius 1 is 1.12 bits per heavy atom. The van der Waals surface area contributed by atoms with Gasteiger partial charge in [-0.2, -0.15) is 0 Å². The van der Waals surface area contributed by atoms with Crippen LogP contribution in [0, 0.1) is 0 Å². The molecule has 1 atom stereocenters. The molecule has 2 aromatic carbocycles. The van der Waals surface area contributed by atoms with Crippen LogP contribution in [0.25, 0.3) is 0 Å². The number of nitrogens with one attached hydrogen (secondary N) is 1. The summed E-state index contributed by atoms with van der Waals surface area (Å²) < 4.78 is 38.2. The van der Waals surface area contributed by atoms with Gasteiger partial charge in [0.15, 0.2) is 6.10 Å². The molecule has 0 spiro atoms. The van der Waals surface area contributed by atoms with E-state index in [1.807, 2.05) is 30.3 Å². The summed E-state index contributed by atoms with van der Waals surface area (Å²) in [5.41, 5.74) is 2.27. The van der Waals surface area contributed by atoms with Crippen molar-refractivity contribution in [2.24, 2.45) is 0 Å². The third-order valence-corrected chi connectivity index (χ3v) is 7.97. The molecule has 0 radical (unpaired) electrons. The molecule has 0 bridgehead atoms. The highest BCUT2D eigenvalue weighted by Gasteiger charge is 2.39. The molecule has 2 aromatic rings. The fraction of sp³-hybridized carbons (Fsp3) is 0.500. The number of benzene rings is 2. The van der Waals surface area contributed by atoms with Crippen LogP contribution in [0.2, 0.25) is 0 Å². The second kappa shape index (κ2) is 9.23. The van der Waals surface area contributed by atoms with Crippen molar-refractivity contribution in [2.75, 3.05) is 36.9 Å². The number of amides is 1. The highest BCUT2D eigenvalue weighted by atomic mass is 32.2. The van der Waals surface area contributed by atoms with E-state index in [4.69, 9.17) is 9.47 Å². The van der Waals surface area contributed by atoms with Crippen molar-refractivity contribution in [2.45, 2.75) is 50.5 Å². The molecule has 2 heterocycles. The number of nitrogens with zero attached hydrogens (tertiary/aromatic N) is 1. The molecule has 34 heavy (non-hydrogen) atoms. The molecule has 0 aliphatic carbocycles. The molecule has 1 saturated heterocycles. The summed E-state index contributed by atoms with van der Waals surface area (Å²) in [6, 6.07) is 15.7. The van der Waals surface area contributed by atoms with Crippen molar-refractivity contribution in [3.63, 3.8) is 0 Å². The van der Waals surface area contributed by atoms with E-state index in [1.54, 1.807) is 6.07 Å². The number of rotatable bonds is 5. The Bertz CT molecular complexity index is 1140. The predicted octanol–water partition coefficient (Wildman–Crippen LogP) is 3.38. The zero-order valence-corrected chi connectivity index (χ0v) is 21.2. The molecule has 0 unspecified atom stereocenters. The molecule has 8 heteroatoms. The quantitative estimate of drug-likeness (QED) is 0.701. The van der Waals surface area contributed by atoms with Gasteiger partial charge in [-0.25, -0.2) is 8.42 Å². The van der Waals surface area contributed by atoms with Crippen LogP contribution in [0.15, 0.2) is 48.5 Å². The molecule has 4 rings (SSSR count). The Kier molecular flexibility index (Phi) is 6.66. The first-order valence-electron chi connectivity index (χ1n) is 11.7. The third kappa shape index (κ3) is 5.08. The number of anilines is 1. The van der Waals surface area contributed by atoms with Gasteiger partial charge in [0.2, 0.25) is 10.0 Å². The summed E-state index contributed by atoms with van der Waals surface area (Å²) in [4.78, 5) is 13.2. The molecule has 184 valence electrons. The Morgan fingerprint density at radius 3 is 2.41 bits per heavy atom. The van der Waals surface area contributed by atoms with Crippen LogP contribution in [0.4, 0.5) is 5.69 Å². The zero-order valence-electron chi connectivity index (χ0n) is 20.3. The molecule has 1 fully saturated rings. The number of ether oxygens (including phenoxy) is 2. The van der Waals surface area contributed by atoms with Gasteiger partial charge >= 0.3 is 0 Å². The van der Waals surface area contributed by atoms with Crippen molar-refractivity contribution in [3.05, 3.63) is 59.7 Å². The number of sulfonamides is 1. The van der Waals surface area contributed by atoms with Crippen LogP contribution in [0.5, 0.6) is 5.75 Å². The predicted molar refractivity (Wildman–Crippen MR) is 133 cm³/mol. The van der Waals surface area contributed by atoms with Crippen molar-refractivity contribution >= 4 is 21.6 Å². The van der Waals surface area contributed by atoms with E-state index >= 15 is 0 Å². The fourth-order valence-electron chi connectivity index (χ4n) is 4.66. The summed E-state index contributed by atoms with van der Waals surface area (Å²) in [5.74, 6) is 0.0784. The first-order chi connectivity index (χ1) is 16.0. The van der Waals surface area contributed by atoms with Crippen molar-refractivity contribution in [1.29, 1.82) is 0 Å². The number of hydrogen-bond donors (Lipinski definition) is 1. The second-order valence-electron chi connectivity index (χ2n) is 10.3. The van der Waals surface area contributed by atoms with E-state index in [9.17, 15) is 13.2 Å². The lowest BCUT2D eigenvalue weighted by atomic mass is 9.74. The Hall–Kier alpha value is -2.58. The zero-order chi connectivity index (χ0) is 24.6. The van der Waals surface area contributed by atoms with Gasteiger partial charge in [0, 0.05) is 25.2 Å². The molecule has 7 nitrogen and oxygen atoms in total. The van der Waals surface area contributed by atoms with Gasteiger partial charge < -0.3 is 14.8 Å². The lowest BCUT2D eigenvalue weighted by Crippen LogP contribution is -2.53. The average Bonchev–Trinajstić information content (AvgIpc) is 2.81. The van der Waals surface area contributed by atoms with Crippen molar-refractivity contribution < 1.29 is 22.7 Å². The van der Waals surface area contributed by atoms with Crippen molar-refractivity contribution in [1.82, 2.24) is 5.32 Å². The summed E-state index contributed by atoms with van der Waals surface area (Å²) in [5, 5.41) is 3.06. The van der Waals surface area contributed by atoms with Crippen LogP contribution < -0.4 is 14.4 Å². The SMILES string of the molecule is CC(C)(C)c1ccc2c(c1)N(S(C)(=O)=O)C[C@H](C(=O)NCC1(c3ccccc3)CCOCC1)O2. The molecular formula is C26H34N2O5S. The van der Waals surface area contributed by atoms with Crippen LogP contribution in [0.3, 0.4) is 0 Å². The molecule has 2 aliphatic rings. The Labute approximate surface area is 202 Å². The third-order valence-electron chi connectivity index (χ3n) is 6.82. The van der Waals surface area contributed by atoms with E-state index in [1.165, 1.54) is 9.87 Å². The number of fused-ring (bicyclic) bond motifs is 1. The summed E-state index contributed by atoms with van der Waals surface area (Å²) in [6.07, 6.45) is 1.83. The van der Waals surface area contributed by atoms with Crippen LogP contribution >= 0.6 is 0 Å². The van der Waals surface area contributed by atoms with Crippen molar-refractivity contribution in [3.8, 4) is 5.75 Å². The lowest BCUT2D eigenvalue weighted by molar-refractivity contribution is -0.128. The monoisotopic (exact) mass is 486 g/mol. The minimum Gasteiger partial charge on any atom is -0.476 e. The molecule has 2 aliphatic heterocycles. The largest absolute Gasteiger partial charge is 0.476 e. The standard InChI is InChI=1S/C26H34N2O5S/c1-25(2,3)20-10-11-22-21(16-20)28(34(4,30)31)17-23(33-22)24(29)27-18-26(12-14-32-15-13-26)19-8-6-5-7-9-19/h5-11,16,23H,12-15,17-18H2,1-4H3,(H,27,29)/t23-/m1/s1. The van der Waals surface area contributed by atoms with Gasteiger partial charge in [-0.15, -0.1) is 0 Å². The number of hydrogen-bond acceptors (Lipinski definition) is 5. The number of carbonyl (C=O) groups is 1. The highest BCUT2D eigenvalue weighted by Crippen LogP contribution is 2.39. The van der Waals surface area contributed by atoms with Gasteiger partial charge in [-0.05, 0) is 41.5 Å². The summed E-state index contributed by atoms with van der Waals surface area (Å²) in [6.45, 7) is 7.85. The topological polar surface area (TPSA) is 84.9 Å². The maximum absolute atomic E-state index is 13.2. The fourth-order valence-corrected chi connectivity index (χ4v) is 5.57. The van der Waals surface area contributed by atoms with Crippen LogP contribution in [0.1, 0.15) is 44.7 Å². The summed E-state index contributed by atoms with van der Waals surface area (Å²) >= 11 is 0. The summed E-state index contributed by atoms with van der Waals surface area (Å²) in [7, 11) is -3.60. The normalized spacial score (nSPS) is 20.2. The van der Waals surface area contributed by atoms with Gasteiger partial charge in [-0.3, -0.25) is 9.10 Å². The van der Waals surface area contributed by atoms with E-state index in [0.717, 1.165) is 24.7 Å². The second-order valence-corrected chi connectivity index (χ2v) is 12.2. The minimum atomic E-state index is -3.60. The molecule has 0 aromatic heterocycles. The lowest BCUT2D eigenvalue weighted by Gasteiger charge is -2.39. The van der Waals surface area contributed by atoms with E-state index in [0.29, 0.717) is 31.2 Å². The maximum atomic E-state index is 13.2. The van der Waals surface area contributed by atoms with Gasteiger partial charge in [0.1, 0.15) is 5.75 Å². The van der Waals surface area contributed by atoms with Crippen LogP contribution in [-0.2, 0) is 30.4 Å². The van der Waals surface area contributed by atoms with Gasteiger partial charge in [0.25, 0.3) is 5.91 Å². The van der Waals surface area contributed by atoms with Crippen LogP contribution in [-0.4, -0.2) is 53.0 Å². The first kappa shape index (κ1) is 24.5. The average molecular weight is 487 g/mol. The van der Waals surface area contributed by atoms with E-state index in [-0.39, 0.29) is 23.3 Å².